The Labute approximate surface area is 184 Å². The molecule has 4 rings (SSSR count). The molecule has 170 valence electrons. The fourth-order valence-corrected chi connectivity index (χ4v) is 2.71. The zero-order valence-electron chi connectivity index (χ0n) is 17.3. The van der Waals surface area contributed by atoms with Crippen molar-refractivity contribution in [3.8, 4) is 34.5 Å². The minimum atomic E-state index is -0.535. The Bertz CT molecular complexity index is 1310. The summed E-state index contributed by atoms with van der Waals surface area (Å²) < 4.78 is 20.8. The van der Waals surface area contributed by atoms with E-state index >= 15 is 0 Å². The Balaban J connectivity index is 1.55. The first-order valence-electron chi connectivity index (χ1n) is 9.15. The van der Waals surface area contributed by atoms with Crippen LogP contribution in [0.4, 0.5) is 11.6 Å². The van der Waals surface area contributed by atoms with Crippen LogP contribution < -0.4 is 26.4 Å². The summed E-state index contributed by atoms with van der Waals surface area (Å²) in [6.45, 7) is -0.313. The number of benzene rings is 1. The number of carbonyl (C=O) groups excluding carboxylic acids is 1. The largest absolute Gasteiger partial charge is 0.497 e. The molecule has 33 heavy (non-hydrogen) atoms. The van der Waals surface area contributed by atoms with E-state index in [0.717, 1.165) is 0 Å². The number of aromatic nitrogens is 7. The van der Waals surface area contributed by atoms with Gasteiger partial charge in [-0.3, -0.25) is 4.79 Å². The first-order chi connectivity index (χ1) is 16.0. The van der Waals surface area contributed by atoms with Crippen LogP contribution in [0.5, 0.6) is 11.5 Å². The Morgan fingerprint density at radius 3 is 2.48 bits per heavy atom. The van der Waals surface area contributed by atoms with Crippen molar-refractivity contribution in [2.75, 3.05) is 25.7 Å². The van der Waals surface area contributed by atoms with Gasteiger partial charge in [-0.2, -0.15) is 5.10 Å². The molecule has 1 amide bonds. The standard InChI is InChI=1S/C17H17N11O5/c1-30-9-3-4-10(31-2)8(5-9)6-20-22-11(29)7-28-17(13-15(19)27-33-25-13)21-16(23-28)12-14(18)26-32-24-12/h3-6H,7H2,1-2H3,(H2,18,26)(H2,19,27)(H,22,29)/b20-6-. The molecule has 3 aromatic heterocycles. The lowest BCUT2D eigenvalue weighted by atomic mass is 10.2. The van der Waals surface area contributed by atoms with Crippen molar-refractivity contribution in [2.45, 2.75) is 6.54 Å². The number of nitrogens with zero attached hydrogens (tertiary/aromatic N) is 8. The molecule has 0 radical (unpaired) electrons. The van der Waals surface area contributed by atoms with Crippen molar-refractivity contribution >= 4 is 23.8 Å². The van der Waals surface area contributed by atoms with Crippen LogP contribution in [-0.2, 0) is 11.3 Å². The number of methoxy groups -OCH3 is 2. The van der Waals surface area contributed by atoms with Crippen LogP contribution >= 0.6 is 0 Å². The SMILES string of the molecule is COc1ccc(OC)c(/C=N\NC(=O)Cn2nc(-c3nonc3N)nc2-c2nonc2N)c1. The zero-order valence-corrected chi connectivity index (χ0v) is 17.3. The van der Waals surface area contributed by atoms with E-state index in [-0.39, 0.29) is 41.2 Å². The second-order valence-electron chi connectivity index (χ2n) is 6.31. The molecule has 0 saturated heterocycles. The van der Waals surface area contributed by atoms with E-state index in [1.54, 1.807) is 18.2 Å². The third-order valence-corrected chi connectivity index (χ3v) is 4.25. The van der Waals surface area contributed by atoms with Gasteiger partial charge in [-0.1, -0.05) is 0 Å². The second kappa shape index (κ2) is 9.00. The fourth-order valence-electron chi connectivity index (χ4n) is 2.71. The monoisotopic (exact) mass is 455 g/mol. The molecule has 0 bridgehead atoms. The van der Waals surface area contributed by atoms with Gasteiger partial charge in [-0.05, 0) is 38.8 Å². The van der Waals surface area contributed by atoms with Gasteiger partial charge in [0.1, 0.15) is 18.0 Å². The van der Waals surface area contributed by atoms with Gasteiger partial charge in [0.25, 0.3) is 5.91 Å². The number of ether oxygens (including phenoxy) is 2. The first kappa shape index (κ1) is 21.2. The van der Waals surface area contributed by atoms with Crippen LogP contribution in [0.1, 0.15) is 5.56 Å². The Morgan fingerprint density at radius 2 is 1.85 bits per heavy atom. The lowest BCUT2D eigenvalue weighted by molar-refractivity contribution is -0.121. The third-order valence-electron chi connectivity index (χ3n) is 4.25. The summed E-state index contributed by atoms with van der Waals surface area (Å²) in [5, 5.41) is 22.5. The van der Waals surface area contributed by atoms with Gasteiger partial charge in [-0.15, -0.1) is 5.10 Å². The van der Waals surface area contributed by atoms with Crippen LogP contribution in [0.25, 0.3) is 23.0 Å². The normalized spacial score (nSPS) is 11.1. The summed E-state index contributed by atoms with van der Waals surface area (Å²) in [5.41, 5.74) is 14.6. The van der Waals surface area contributed by atoms with Gasteiger partial charge in [0.2, 0.25) is 5.82 Å². The maximum Gasteiger partial charge on any atom is 0.261 e. The number of hydrazone groups is 1. The van der Waals surface area contributed by atoms with Crippen molar-refractivity contribution in [1.82, 2.24) is 40.8 Å². The maximum absolute atomic E-state index is 12.5. The topological polar surface area (TPSA) is 221 Å². The summed E-state index contributed by atoms with van der Waals surface area (Å²) in [5.74, 6) is 0.639. The molecule has 3 heterocycles. The van der Waals surface area contributed by atoms with Gasteiger partial charge >= 0.3 is 0 Å². The van der Waals surface area contributed by atoms with Gasteiger partial charge in [-0.25, -0.2) is 24.3 Å². The van der Waals surface area contributed by atoms with Crippen molar-refractivity contribution in [3.63, 3.8) is 0 Å². The van der Waals surface area contributed by atoms with Crippen LogP contribution in [0.3, 0.4) is 0 Å². The summed E-state index contributed by atoms with van der Waals surface area (Å²) in [6.07, 6.45) is 1.41. The van der Waals surface area contributed by atoms with E-state index in [4.69, 9.17) is 20.9 Å². The highest BCUT2D eigenvalue weighted by molar-refractivity contribution is 5.86. The molecule has 0 unspecified atom stereocenters. The lowest BCUT2D eigenvalue weighted by Gasteiger charge is -2.07. The predicted molar refractivity (Wildman–Crippen MR) is 111 cm³/mol. The predicted octanol–water partition coefficient (Wildman–Crippen LogP) is -0.290. The summed E-state index contributed by atoms with van der Waals surface area (Å²) >= 11 is 0. The number of carbonyl (C=O) groups is 1. The molecule has 0 spiro atoms. The number of nitrogens with two attached hydrogens (primary N) is 2. The zero-order chi connectivity index (χ0) is 23.4. The number of nitrogens with one attached hydrogen (secondary N) is 1. The van der Waals surface area contributed by atoms with Gasteiger partial charge in [0.15, 0.2) is 28.8 Å². The molecule has 0 aliphatic heterocycles. The number of anilines is 2. The molecule has 0 atom stereocenters. The van der Waals surface area contributed by atoms with E-state index in [2.05, 4.69) is 50.5 Å². The summed E-state index contributed by atoms with van der Waals surface area (Å²) in [4.78, 5) is 16.8. The van der Waals surface area contributed by atoms with Crippen LogP contribution in [0, 0.1) is 0 Å². The number of rotatable bonds is 8. The van der Waals surface area contributed by atoms with Gasteiger partial charge in [0, 0.05) is 5.56 Å². The molecular weight excluding hydrogens is 438 g/mol. The average molecular weight is 455 g/mol. The quantitative estimate of drug-likeness (QED) is 0.230. The van der Waals surface area contributed by atoms with E-state index in [1.165, 1.54) is 25.1 Å². The van der Waals surface area contributed by atoms with Crippen LogP contribution in [0.2, 0.25) is 0 Å². The number of amides is 1. The Kier molecular flexibility index (Phi) is 5.79. The Morgan fingerprint density at radius 1 is 1.12 bits per heavy atom. The minimum absolute atomic E-state index is 0.0311. The van der Waals surface area contributed by atoms with Gasteiger partial charge < -0.3 is 20.9 Å². The summed E-state index contributed by atoms with van der Waals surface area (Å²) in [6, 6.07) is 5.15. The molecule has 1 aromatic carbocycles. The molecular formula is C17H17N11O5. The molecule has 0 fully saturated rings. The molecule has 0 saturated carbocycles. The highest BCUT2D eigenvalue weighted by Crippen LogP contribution is 2.25. The Hall–Kier alpha value is -5.02. The lowest BCUT2D eigenvalue weighted by Crippen LogP contribution is -2.24. The first-order valence-corrected chi connectivity index (χ1v) is 9.15. The fraction of sp³-hybridized carbons (Fsp3) is 0.176. The highest BCUT2D eigenvalue weighted by Gasteiger charge is 2.24. The van der Waals surface area contributed by atoms with Crippen LogP contribution in [0.15, 0.2) is 32.6 Å². The minimum Gasteiger partial charge on any atom is -0.497 e. The summed E-state index contributed by atoms with van der Waals surface area (Å²) in [7, 11) is 3.05. The molecule has 0 aliphatic carbocycles. The smallest absolute Gasteiger partial charge is 0.261 e. The molecule has 0 aliphatic rings. The van der Waals surface area contributed by atoms with Crippen molar-refractivity contribution in [3.05, 3.63) is 23.8 Å². The van der Waals surface area contributed by atoms with Crippen molar-refractivity contribution in [1.29, 1.82) is 0 Å². The van der Waals surface area contributed by atoms with Crippen molar-refractivity contribution < 1.29 is 23.5 Å². The number of hydrogen-bond donors (Lipinski definition) is 3. The third kappa shape index (κ3) is 4.38. The van der Waals surface area contributed by atoms with E-state index in [9.17, 15) is 4.79 Å². The molecule has 5 N–H and O–H groups in total. The maximum atomic E-state index is 12.5. The number of hydrogen-bond acceptors (Lipinski definition) is 14. The highest BCUT2D eigenvalue weighted by atomic mass is 16.6. The number of nitrogen functional groups attached to an aromatic ring is 2. The molecule has 16 nitrogen and oxygen atoms in total. The van der Waals surface area contributed by atoms with E-state index in [0.29, 0.717) is 17.1 Å². The second-order valence-corrected chi connectivity index (χ2v) is 6.31. The van der Waals surface area contributed by atoms with E-state index < -0.39 is 5.91 Å². The van der Waals surface area contributed by atoms with Crippen molar-refractivity contribution in [2.24, 2.45) is 5.10 Å². The average Bonchev–Trinajstić information content (AvgIpc) is 3.53. The van der Waals surface area contributed by atoms with E-state index in [1.807, 2.05) is 0 Å². The molecule has 16 heteroatoms. The van der Waals surface area contributed by atoms with Gasteiger partial charge in [0.05, 0.1) is 20.4 Å². The van der Waals surface area contributed by atoms with Crippen LogP contribution in [-0.4, -0.2) is 61.7 Å². The molecule has 4 aromatic rings.